The Balaban J connectivity index is 1.44. The van der Waals surface area contributed by atoms with E-state index in [1.165, 1.54) is 70.0 Å². The van der Waals surface area contributed by atoms with Crippen LogP contribution in [0.2, 0.25) is 0 Å². The summed E-state index contributed by atoms with van der Waals surface area (Å²) in [6, 6.07) is 8.85. The molecule has 2 aliphatic rings. The highest BCUT2D eigenvalue weighted by Gasteiger charge is 2.16. The quantitative estimate of drug-likeness (QED) is 0.795. The van der Waals surface area contributed by atoms with Crippen molar-refractivity contribution in [3.63, 3.8) is 0 Å². The zero-order chi connectivity index (χ0) is 15.9. The second-order valence-electron chi connectivity index (χ2n) is 7.56. The summed E-state index contributed by atoms with van der Waals surface area (Å²) in [5.74, 6) is 0.758. The Labute approximate surface area is 141 Å². The van der Waals surface area contributed by atoms with Crippen LogP contribution in [0, 0.1) is 0 Å². The van der Waals surface area contributed by atoms with Gasteiger partial charge < -0.3 is 10.0 Å². The Morgan fingerprint density at radius 1 is 0.913 bits per heavy atom. The molecule has 1 saturated heterocycles. The van der Waals surface area contributed by atoms with Crippen molar-refractivity contribution in [2.45, 2.75) is 76.2 Å². The van der Waals surface area contributed by atoms with Crippen molar-refractivity contribution in [3.8, 4) is 0 Å². The maximum Gasteiger partial charge on any atom is 0.0790 e. The molecule has 1 aromatic rings. The second kappa shape index (κ2) is 8.84. The summed E-state index contributed by atoms with van der Waals surface area (Å²) in [6.07, 6.45) is 12.7. The largest absolute Gasteiger partial charge is 0.388 e. The first-order chi connectivity index (χ1) is 11.3. The van der Waals surface area contributed by atoms with Crippen LogP contribution in [0.1, 0.15) is 87.4 Å². The van der Waals surface area contributed by atoms with Crippen molar-refractivity contribution >= 4 is 0 Å². The lowest BCUT2D eigenvalue weighted by Gasteiger charge is -2.26. The SMILES string of the molecule is OC(CCCN1CCCCC1)c1ccc(C2CCCCC2)cc1. The van der Waals surface area contributed by atoms with Crippen molar-refractivity contribution < 1.29 is 5.11 Å². The van der Waals surface area contributed by atoms with Crippen molar-refractivity contribution in [3.05, 3.63) is 35.4 Å². The fourth-order valence-corrected chi connectivity index (χ4v) is 4.28. The molecule has 2 heteroatoms. The molecule has 0 radical (unpaired) electrons. The molecule has 0 amide bonds. The molecule has 1 saturated carbocycles. The van der Waals surface area contributed by atoms with Crippen LogP contribution < -0.4 is 0 Å². The lowest BCUT2D eigenvalue weighted by molar-refractivity contribution is 0.151. The Morgan fingerprint density at radius 2 is 1.57 bits per heavy atom. The van der Waals surface area contributed by atoms with Gasteiger partial charge in [0.25, 0.3) is 0 Å². The van der Waals surface area contributed by atoms with Gasteiger partial charge in [-0.1, -0.05) is 49.9 Å². The number of nitrogens with zero attached hydrogens (tertiary/aromatic N) is 1. The first kappa shape index (κ1) is 17.0. The van der Waals surface area contributed by atoms with E-state index in [-0.39, 0.29) is 6.10 Å². The van der Waals surface area contributed by atoms with Crippen LogP contribution >= 0.6 is 0 Å². The highest BCUT2D eigenvalue weighted by molar-refractivity contribution is 5.27. The summed E-state index contributed by atoms with van der Waals surface area (Å²) in [7, 11) is 0. The van der Waals surface area contributed by atoms with Gasteiger partial charge in [-0.2, -0.15) is 0 Å². The van der Waals surface area contributed by atoms with E-state index in [0.717, 1.165) is 30.9 Å². The minimum absolute atomic E-state index is 0.291. The minimum Gasteiger partial charge on any atom is -0.388 e. The lowest BCUT2D eigenvalue weighted by Crippen LogP contribution is -2.30. The van der Waals surface area contributed by atoms with Gasteiger partial charge >= 0.3 is 0 Å². The van der Waals surface area contributed by atoms with Crippen LogP contribution in [0.25, 0.3) is 0 Å². The van der Waals surface area contributed by atoms with Crippen LogP contribution in [-0.2, 0) is 0 Å². The molecule has 1 atom stereocenters. The van der Waals surface area contributed by atoms with Crippen LogP contribution in [0.15, 0.2) is 24.3 Å². The van der Waals surface area contributed by atoms with Gasteiger partial charge in [-0.05, 0) is 75.2 Å². The molecule has 0 spiro atoms. The number of likely N-dealkylation sites (tertiary alicyclic amines) is 1. The van der Waals surface area contributed by atoms with Gasteiger partial charge in [0.15, 0.2) is 0 Å². The minimum atomic E-state index is -0.291. The molecule has 0 bridgehead atoms. The predicted molar refractivity (Wildman–Crippen MR) is 96.8 cm³/mol. The number of benzene rings is 1. The average molecular weight is 316 g/mol. The Hall–Kier alpha value is -0.860. The standard InChI is InChI=1S/C21H33NO/c23-21(10-7-17-22-15-5-2-6-16-22)20-13-11-19(12-14-20)18-8-3-1-4-9-18/h11-14,18,21,23H,1-10,15-17H2. The summed E-state index contributed by atoms with van der Waals surface area (Å²) in [6.45, 7) is 3.66. The number of piperidine rings is 1. The normalized spacial score (nSPS) is 22.1. The summed E-state index contributed by atoms with van der Waals surface area (Å²) in [5, 5.41) is 10.4. The summed E-state index contributed by atoms with van der Waals surface area (Å²) < 4.78 is 0. The maximum atomic E-state index is 10.4. The Bertz CT molecular complexity index is 443. The number of aliphatic hydroxyl groups is 1. The molecular weight excluding hydrogens is 282 g/mol. The van der Waals surface area contributed by atoms with Crippen LogP contribution in [0.4, 0.5) is 0 Å². The fraction of sp³-hybridized carbons (Fsp3) is 0.714. The maximum absolute atomic E-state index is 10.4. The van der Waals surface area contributed by atoms with Crippen molar-refractivity contribution in [1.29, 1.82) is 0 Å². The topological polar surface area (TPSA) is 23.5 Å². The molecule has 128 valence electrons. The van der Waals surface area contributed by atoms with E-state index < -0.39 is 0 Å². The molecule has 0 aromatic heterocycles. The number of aliphatic hydroxyl groups excluding tert-OH is 1. The number of rotatable bonds is 6. The molecular formula is C21H33NO. The summed E-state index contributed by atoms with van der Waals surface area (Å²) in [4.78, 5) is 2.56. The van der Waals surface area contributed by atoms with Gasteiger partial charge in [0.2, 0.25) is 0 Å². The first-order valence-corrected chi connectivity index (χ1v) is 9.83. The third kappa shape index (κ3) is 5.06. The second-order valence-corrected chi connectivity index (χ2v) is 7.56. The molecule has 1 aliphatic heterocycles. The number of hydrogen-bond donors (Lipinski definition) is 1. The average Bonchev–Trinajstić information content (AvgIpc) is 2.63. The predicted octanol–water partition coefficient (Wildman–Crippen LogP) is 5.03. The van der Waals surface area contributed by atoms with Gasteiger partial charge in [-0.3, -0.25) is 0 Å². The van der Waals surface area contributed by atoms with E-state index in [1.807, 2.05) is 0 Å². The van der Waals surface area contributed by atoms with Gasteiger partial charge in [-0.25, -0.2) is 0 Å². The summed E-state index contributed by atoms with van der Waals surface area (Å²) in [5.41, 5.74) is 2.58. The van der Waals surface area contributed by atoms with E-state index in [0.29, 0.717) is 0 Å². The van der Waals surface area contributed by atoms with E-state index in [9.17, 15) is 5.11 Å². The van der Waals surface area contributed by atoms with Crippen molar-refractivity contribution in [2.24, 2.45) is 0 Å². The fourth-order valence-electron chi connectivity index (χ4n) is 4.28. The summed E-state index contributed by atoms with van der Waals surface area (Å²) >= 11 is 0. The van der Waals surface area contributed by atoms with Crippen LogP contribution in [0.3, 0.4) is 0 Å². The van der Waals surface area contributed by atoms with Crippen LogP contribution in [-0.4, -0.2) is 29.6 Å². The molecule has 1 N–H and O–H groups in total. The van der Waals surface area contributed by atoms with Crippen molar-refractivity contribution in [1.82, 2.24) is 4.90 Å². The molecule has 23 heavy (non-hydrogen) atoms. The zero-order valence-electron chi connectivity index (χ0n) is 14.6. The highest BCUT2D eigenvalue weighted by atomic mass is 16.3. The van der Waals surface area contributed by atoms with E-state index in [1.54, 1.807) is 0 Å². The molecule has 2 fully saturated rings. The third-order valence-corrected chi connectivity index (χ3v) is 5.80. The Morgan fingerprint density at radius 3 is 2.26 bits per heavy atom. The molecule has 1 unspecified atom stereocenters. The van der Waals surface area contributed by atoms with Gasteiger partial charge in [0.1, 0.15) is 0 Å². The number of hydrogen-bond acceptors (Lipinski definition) is 2. The zero-order valence-corrected chi connectivity index (χ0v) is 14.6. The smallest absolute Gasteiger partial charge is 0.0790 e. The van der Waals surface area contributed by atoms with Crippen molar-refractivity contribution in [2.75, 3.05) is 19.6 Å². The third-order valence-electron chi connectivity index (χ3n) is 5.80. The monoisotopic (exact) mass is 315 g/mol. The van der Waals surface area contributed by atoms with E-state index in [2.05, 4.69) is 29.2 Å². The van der Waals surface area contributed by atoms with E-state index in [4.69, 9.17) is 0 Å². The lowest BCUT2D eigenvalue weighted by atomic mass is 9.83. The van der Waals surface area contributed by atoms with E-state index >= 15 is 0 Å². The van der Waals surface area contributed by atoms with Crippen LogP contribution in [0.5, 0.6) is 0 Å². The molecule has 2 nitrogen and oxygen atoms in total. The first-order valence-electron chi connectivity index (χ1n) is 9.83. The Kier molecular flexibility index (Phi) is 6.53. The van der Waals surface area contributed by atoms with Gasteiger partial charge in [0.05, 0.1) is 6.10 Å². The van der Waals surface area contributed by atoms with Gasteiger partial charge in [-0.15, -0.1) is 0 Å². The molecule has 3 rings (SSSR count). The van der Waals surface area contributed by atoms with Gasteiger partial charge in [0, 0.05) is 0 Å². The highest BCUT2D eigenvalue weighted by Crippen LogP contribution is 2.33. The molecule has 1 aliphatic carbocycles. The molecule has 1 aromatic carbocycles. The molecule has 1 heterocycles.